The molecule has 4 nitrogen and oxygen atoms in total. The lowest BCUT2D eigenvalue weighted by Crippen LogP contribution is -2.17. The van der Waals surface area contributed by atoms with E-state index in [-0.39, 0.29) is 13.2 Å². The van der Waals surface area contributed by atoms with E-state index in [4.69, 9.17) is 9.84 Å². The Hall–Kier alpha value is -0.830. The van der Waals surface area contributed by atoms with Crippen LogP contribution >= 0.6 is 11.8 Å². The number of hydrogen-bond donors (Lipinski definition) is 1. The zero-order chi connectivity index (χ0) is 15.0. The molecule has 0 aromatic carbocycles. The van der Waals surface area contributed by atoms with E-state index < -0.39 is 13.0 Å². The summed E-state index contributed by atoms with van der Waals surface area (Å²) in [6.07, 6.45) is -2.99. The fourth-order valence-corrected chi connectivity index (χ4v) is 2.32. The number of hydrogen-bond acceptors (Lipinski definition) is 5. The molecule has 1 aromatic rings. The van der Waals surface area contributed by atoms with E-state index >= 15 is 0 Å². The van der Waals surface area contributed by atoms with Crippen molar-refractivity contribution < 1.29 is 27.8 Å². The molecular formula is C12H16F3NO3S. The molecule has 0 aliphatic carbocycles. The second-order valence-electron chi connectivity index (χ2n) is 3.79. The van der Waals surface area contributed by atoms with Gasteiger partial charge in [0.05, 0.1) is 32.1 Å². The van der Waals surface area contributed by atoms with Crippen molar-refractivity contribution >= 4 is 11.8 Å². The van der Waals surface area contributed by atoms with Gasteiger partial charge in [0.25, 0.3) is 0 Å². The topological polar surface area (TPSA) is 51.6 Å². The highest BCUT2D eigenvalue weighted by atomic mass is 32.2. The highest BCUT2D eigenvalue weighted by molar-refractivity contribution is 7.99. The molecule has 0 fully saturated rings. The van der Waals surface area contributed by atoms with Crippen molar-refractivity contribution in [1.82, 2.24) is 4.98 Å². The van der Waals surface area contributed by atoms with E-state index in [0.717, 1.165) is 10.5 Å². The third-order valence-electron chi connectivity index (χ3n) is 2.39. The molecule has 0 unspecified atom stereocenters. The number of aliphatic hydroxyl groups excluding tert-OH is 1. The SMILES string of the molecule is Cc1c(SCCOCCOC(F)(F)F)ccnc1CO. The summed E-state index contributed by atoms with van der Waals surface area (Å²) in [6.45, 7) is 1.46. The Bertz CT molecular complexity index is 415. The molecule has 1 rings (SSSR count). The van der Waals surface area contributed by atoms with Gasteiger partial charge < -0.3 is 9.84 Å². The lowest BCUT2D eigenvalue weighted by atomic mass is 10.2. The number of aromatic nitrogens is 1. The average Bonchev–Trinajstić information content (AvgIpc) is 2.38. The molecule has 0 bridgehead atoms. The number of halogens is 3. The number of pyridine rings is 1. The summed E-state index contributed by atoms with van der Waals surface area (Å²) in [5.74, 6) is 0.599. The maximum absolute atomic E-state index is 11.7. The highest BCUT2D eigenvalue weighted by Crippen LogP contribution is 2.23. The van der Waals surface area contributed by atoms with Gasteiger partial charge in [-0.1, -0.05) is 0 Å². The Labute approximate surface area is 119 Å². The van der Waals surface area contributed by atoms with Gasteiger partial charge in [0.2, 0.25) is 0 Å². The van der Waals surface area contributed by atoms with Crippen LogP contribution in [0.5, 0.6) is 0 Å². The first-order valence-corrected chi connectivity index (χ1v) is 6.89. The lowest BCUT2D eigenvalue weighted by molar-refractivity contribution is -0.326. The maximum Gasteiger partial charge on any atom is 0.522 e. The average molecular weight is 311 g/mol. The quantitative estimate of drug-likeness (QED) is 0.590. The number of thioether (sulfide) groups is 1. The fraction of sp³-hybridized carbons (Fsp3) is 0.583. The van der Waals surface area contributed by atoms with E-state index in [1.807, 2.05) is 13.0 Å². The van der Waals surface area contributed by atoms with Gasteiger partial charge in [0.15, 0.2) is 0 Å². The van der Waals surface area contributed by atoms with Crippen LogP contribution in [0.1, 0.15) is 11.3 Å². The molecule has 114 valence electrons. The Kier molecular flexibility index (Phi) is 7.28. The van der Waals surface area contributed by atoms with E-state index in [1.165, 1.54) is 11.8 Å². The minimum atomic E-state index is -4.60. The maximum atomic E-state index is 11.7. The minimum absolute atomic E-state index is 0.0999. The fourth-order valence-electron chi connectivity index (χ4n) is 1.40. The molecule has 0 saturated heterocycles. The normalized spacial score (nSPS) is 11.8. The van der Waals surface area contributed by atoms with Crippen LogP contribution in [-0.2, 0) is 16.1 Å². The molecule has 1 heterocycles. The van der Waals surface area contributed by atoms with Gasteiger partial charge >= 0.3 is 6.36 Å². The van der Waals surface area contributed by atoms with Crippen LogP contribution in [-0.4, -0.2) is 42.0 Å². The van der Waals surface area contributed by atoms with Gasteiger partial charge in [-0.05, 0) is 18.6 Å². The number of rotatable bonds is 8. The molecule has 1 N–H and O–H groups in total. The molecule has 0 amide bonds. The van der Waals surface area contributed by atoms with Crippen LogP contribution in [0.2, 0.25) is 0 Å². The predicted octanol–water partition coefficient (Wildman–Crippen LogP) is 2.53. The smallest absolute Gasteiger partial charge is 0.390 e. The Morgan fingerprint density at radius 3 is 2.70 bits per heavy atom. The van der Waals surface area contributed by atoms with Gasteiger partial charge in [0.1, 0.15) is 0 Å². The lowest BCUT2D eigenvalue weighted by Gasteiger charge is -2.09. The molecule has 1 aromatic heterocycles. The van der Waals surface area contributed by atoms with E-state index in [1.54, 1.807) is 6.20 Å². The Morgan fingerprint density at radius 2 is 2.05 bits per heavy atom. The third-order valence-corrected chi connectivity index (χ3v) is 3.51. The second kappa shape index (κ2) is 8.46. The minimum Gasteiger partial charge on any atom is -0.390 e. The molecule has 0 spiro atoms. The standard InChI is InChI=1S/C12H16F3NO3S/c1-9-10(8-17)16-3-2-11(9)20-7-6-18-4-5-19-12(13,14)15/h2-3,17H,4-8H2,1H3. The summed E-state index contributed by atoms with van der Waals surface area (Å²) in [4.78, 5) is 5.00. The van der Waals surface area contributed by atoms with Crippen LogP contribution in [0.15, 0.2) is 17.2 Å². The Balaban J connectivity index is 2.19. The summed E-state index contributed by atoms with van der Waals surface area (Å²) in [6, 6.07) is 1.83. The van der Waals surface area contributed by atoms with Gasteiger partial charge in [-0.2, -0.15) is 0 Å². The molecular weight excluding hydrogens is 295 g/mol. The molecule has 0 aliphatic rings. The van der Waals surface area contributed by atoms with Crippen molar-refractivity contribution in [3.8, 4) is 0 Å². The monoisotopic (exact) mass is 311 g/mol. The zero-order valence-electron chi connectivity index (χ0n) is 10.9. The molecule has 0 radical (unpaired) electrons. The largest absolute Gasteiger partial charge is 0.522 e. The van der Waals surface area contributed by atoms with Crippen molar-refractivity contribution in [1.29, 1.82) is 0 Å². The van der Waals surface area contributed by atoms with Crippen LogP contribution in [0.3, 0.4) is 0 Å². The van der Waals surface area contributed by atoms with E-state index in [2.05, 4.69) is 9.72 Å². The van der Waals surface area contributed by atoms with Gasteiger partial charge in [-0.25, -0.2) is 0 Å². The predicted molar refractivity (Wildman–Crippen MR) is 68.4 cm³/mol. The van der Waals surface area contributed by atoms with Crippen molar-refractivity contribution in [3.63, 3.8) is 0 Å². The van der Waals surface area contributed by atoms with Crippen LogP contribution in [0.4, 0.5) is 13.2 Å². The first-order chi connectivity index (χ1) is 9.44. The van der Waals surface area contributed by atoms with Crippen molar-refractivity contribution in [2.45, 2.75) is 24.8 Å². The number of alkyl halides is 3. The summed E-state index contributed by atoms with van der Waals surface area (Å²) >= 11 is 1.50. The van der Waals surface area contributed by atoms with Crippen LogP contribution in [0.25, 0.3) is 0 Å². The first kappa shape index (κ1) is 17.2. The molecule has 8 heteroatoms. The zero-order valence-corrected chi connectivity index (χ0v) is 11.8. The van der Waals surface area contributed by atoms with Gasteiger partial charge in [-0.3, -0.25) is 9.72 Å². The molecule has 20 heavy (non-hydrogen) atoms. The van der Waals surface area contributed by atoms with Gasteiger partial charge in [0, 0.05) is 16.8 Å². The summed E-state index contributed by atoms with van der Waals surface area (Å²) in [5.41, 5.74) is 1.52. The van der Waals surface area contributed by atoms with E-state index in [9.17, 15) is 13.2 Å². The molecule has 0 atom stereocenters. The summed E-state index contributed by atoms with van der Waals surface area (Å²) in [5, 5.41) is 9.08. The number of aliphatic hydroxyl groups is 1. The number of nitrogens with zero attached hydrogens (tertiary/aromatic N) is 1. The van der Waals surface area contributed by atoms with Crippen molar-refractivity contribution in [3.05, 3.63) is 23.5 Å². The van der Waals surface area contributed by atoms with Crippen LogP contribution < -0.4 is 0 Å². The molecule has 0 saturated carbocycles. The van der Waals surface area contributed by atoms with Crippen molar-refractivity contribution in [2.75, 3.05) is 25.6 Å². The number of ether oxygens (including phenoxy) is 2. The molecule has 0 aliphatic heterocycles. The third kappa shape index (κ3) is 6.56. The summed E-state index contributed by atoms with van der Waals surface area (Å²) in [7, 11) is 0. The van der Waals surface area contributed by atoms with E-state index in [0.29, 0.717) is 18.1 Å². The van der Waals surface area contributed by atoms with Crippen molar-refractivity contribution in [2.24, 2.45) is 0 Å². The first-order valence-electron chi connectivity index (χ1n) is 5.90. The van der Waals surface area contributed by atoms with Gasteiger partial charge in [-0.15, -0.1) is 24.9 Å². The Morgan fingerprint density at radius 1 is 1.30 bits per heavy atom. The highest BCUT2D eigenvalue weighted by Gasteiger charge is 2.28. The second-order valence-corrected chi connectivity index (χ2v) is 4.93. The van der Waals surface area contributed by atoms with Crippen LogP contribution in [0, 0.1) is 6.92 Å². The summed E-state index contributed by atoms with van der Waals surface area (Å²) < 4.78 is 43.6.